The van der Waals surface area contributed by atoms with Crippen molar-refractivity contribution in [3.8, 4) is 0 Å². The van der Waals surface area contributed by atoms with Crippen LogP contribution >= 0.6 is 0 Å². The van der Waals surface area contributed by atoms with Gasteiger partial charge in [0.2, 0.25) is 0 Å². The van der Waals surface area contributed by atoms with Crippen molar-refractivity contribution in [3.63, 3.8) is 0 Å². The van der Waals surface area contributed by atoms with E-state index in [9.17, 15) is 9.90 Å². The molecule has 2 heterocycles. The molecule has 0 saturated carbocycles. The Morgan fingerprint density at radius 1 is 1.26 bits per heavy atom. The van der Waals surface area contributed by atoms with Gasteiger partial charge in [-0.3, -0.25) is 9.78 Å². The highest BCUT2D eigenvalue weighted by atomic mass is 16.6. The molecular formula is C23H29NO3. The van der Waals surface area contributed by atoms with Crippen LogP contribution in [0.5, 0.6) is 0 Å². The third-order valence-electron chi connectivity index (χ3n) is 5.18. The molecule has 0 bridgehead atoms. The number of carbonyl (C=O) groups is 1. The van der Waals surface area contributed by atoms with Crippen LogP contribution in [0.4, 0.5) is 0 Å². The number of rotatable bonds is 8. The average molecular weight is 367 g/mol. The molecule has 4 heteroatoms. The van der Waals surface area contributed by atoms with Crippen molar-refractivity contribution in [1.29, 1.82) is 0 Å². The van der Waals surface area contributed by atoms with Crippen LogP contribution in [0.3, 0.4) is 0 Å². The van der Waals surface area contributed by atoms with Gasteiger partial charge in [-0.15, -0.1) is 0 Å². The van der Waals surface area contributed by atoms with Crippen molar-refractivity contribution in [2.45, 2.75) is 70.5 Å². The summed E-state index contributed by atoms with van der Waals surface area (Å²) in [6.07, 6.45) is 12.1. The third-order valence-corrected chi connectivity index (χ3v) is 5.18. The van der Waals surface area contributed by atoms with Gasteiger partial charge in [0.15, 0.2) is 0 Å². The molecule has 1 aromatic carbocycles. The molecule has 4 nitrogen and oxygen atoms in total. The number of esters is 1. The number of hydrogen-bond donors (Lipinski definition) is 1. The second-order valence-corrected chi connectivity index (χ2v) is 7.29. The fourth-order valence-corrected chi connectivity index (χ4v) is 3.63. The predicted octanol–water partition coefficient (Wildman–Crippen LogP) is 4.83. The van der Waals surface area contributed by atoms with Crippen LogP contribution in [-0.4, -0.2) is 28.3 Å². The monoisotopic (exact) mass is 367 g/mol. The van der Waals surface area contributed by atoms with E-state index in [1.165, 1.54) is 24.6 Å². The summed E-state index contributed by atoms with van der Waals surface area (Å²) in [5.74, 6) is -0.224. The van der Waals surface area contributed by atoms with Crippen LogP contribution in [0.25, 0.3) is 16.8 Å². The first-order chi connectivity index (χ1) is 13.2. The van der Waals surface area contributed by atoms with Gasteiger partial charge in [0.05, 0.1) is 0 Å². The van der Waals surface area contributed by atoms with Crippen molar-refractivity contribution in [3.05, 3.63) is 47.8 Å². The van der Waals surface area contributed by atoms with E-state index in [0.717, 1.165) is 35.9 Å². The molecule has 0 unspecified atom stereocenters. The number of aromatic nitrogens is 1. The Kier molecular flexibility index (Phi) is 6.99. The zero-order valence-corrected chi connectivity index (χ0v) is 16.1. The summed E-state index contributed by atoms with van der Waals surface area (Å²) in [7, 11) is 0. The van der Waals surface area contributed by atoms with Gasteiger partial charge in [0.25, 0.3) is 0 Å². The second-order valence-electron chi connectivity index (χ2n) is 7.29. The molecule has 1 aliphatic rings. The molecule has 0 aliphatic carbocycles. The summed E-state index contributed by atoms with van der Waals surface area (Å²) in [6.45, 7) is 2.22. The molecule has 1 aromatic heterocycles. The number of fused-ring (bicyclic) bond motifs is 1. The summed E-state index contributed by atoms with van der Waals surface area (Å²) >= 11 is 0. The molecule has 2 atom stereocenters. The van der Waals surface area contributed by atoms with E-state index in [1.54, 1.807) is 6.08 Å². The molecule has 0 radical (unpaired) electrons. The smallest absolute Gasteiger partial charge is 0.306 e. The molecule has 3 rings (SSSR count). The molecule has 0 spiro atoms. The van der Waals surface area contributed by atoms with Crippen molar-refractivity contribution in [1.82, 2.24) is 4.98 Å². The summed E-state index contributed by atoms with van der Waals surface area (Å²) in [5, 5.41) is 12.7. The molecule has 1 fully saturated rings. The van der Waals surface area contributed by atoms with E-state index in [0.29, 0.717) is 12.8 Å². The Balaban J connectivity index is 1.75. The maximum atomic E-state index is 11.4. The first-order valence-corrected chi connectivity index (χ1v) is 10.1. The topological polar surface area (TPSA) is 59.4 Å². The van der Waals surface area contributed by atoms with Crippen molar-refractivity contribution in [2.75, 3.05) is 0 Å². The fraction of sp³-hybridized carbons (Fsp3) is 0.478. The maximum Gasteiger partial charge on any atom is 0.306 e. The van der Waals surface area contributed by atoms with Crippen molar-refractivity contribution >= 4 is 22.8 Å². The summed E-state index contributed by atoms with van der Waals surface area (Å²) in [6, 6.07) is 8.29. The lowest BCUT2D eigenvalue weighted by atomic mass is 9.99. The van der Waals surface area contributed by atoms with Crippen molar-refractivity contribution < 1.29 is 14.6 Å². The van der Waals surface area contributed by atoms with Crippen LogP contribution in [0.1, 0.15) is 63.1 Å². The van der Waals surface area contributed by atoms with E-state index in [1.807, 2.05) is 24.4 Å². The number of nitrogens with zero attached hydrogens (tertiary/aromatic N) is 1. The minimum atomic E-state index is -0.790. The van der Waals surface area contributed by atoms with E-state index in [4.69, 9.17) is 4.74 Å². The molecule has 2 aromatic rings. The summed E-state index contributed by atoms with van der Waals surface area (Å²) in [5.41, 5.74) is 2.12. The minimum Gasteiger partial charge on any atom is -0.459 e. The molecule has 0 amide bonds. The molecule has 1 aliphatic heterocycles. The normalized spacial score (nSPS) is 18.7. The highest BCUT2D eigenvalue weighted by molar-refractivity contribution is 5.91. The summed E-state index contributed by atoms with van der Waals surface area (Å²) < 4.78 is 5.25. The quantitative estimate of drug-likeness (QED) is 0.536. The average Bonchev–Trinajstić information content (AvgIpc) is 2.70. The number of unbranched alkanes of at least 4 members (excludes halogenated alkanes) is 3. The highest BCUT2D eigenvalue weighted by Gasteiger charge is 2.25. The molecule has 1 N–H and O–H groups in total. The third kappa shape index (κ3) is 5.16. The first-order valence-electron chi connectivity index (χ1n) is 10.1. The molecular weight excluding hydrogens is 338 g/mol. The Bertz CT molecular complexity index is 799. The van der Waals surface area contributed by atoms with E-state index < -0.39 is 12.2 Å². The zero-order chi connectivity index (χ0) is 19.1. The van der Waals surface area contributed by atoms with Gasteiger partial charge in [-0.1, -0.05) is 62.6 Å². The van der Waals surface area contributed by atoms with E-state index >= 15 is 0 Å². The lowest BCUT2D eigenvalue weighted by molar-refractivity contribution is -0.158. The number of carbonyl (C=O) groups excluding carboxylic acids is 1. The Hall–Kier alpha value is -2.20. The number of hydrogen-bond acceptors (Lipinski definition) is 4. The van der Waals surface area contributed by atoms with Crippen LogP contribution in [0.2, 0.25) is 0 Å². The number of ether oxygens (including phenoxy) is 1. The van der Waals surface area contributed by atoms with Crippen LogP contribution in [-0.2, 0) is 16.0 Å². The SMILES string of the molecule is CCCCCCc1ncc(/C=C/[C@@H](O)[C@@H]2CCCC(=O)O2)c2ccccc12. The Labute approximate surface area is 161 Å². The van der Waals surface area contributed by atoms with Gasteiger partial charge in [-0.25, -0.2) is 0 Å². The van der Waals surface area contributed by atoms with Gasteiger partial charge < -0.3 is 9.84 Å². The summed E-state index contributed by atoms with van der Waals surface area (Å²) in [4.78, 5) is 16.1. The number of cyclic esters (lactones) is 1. The number of pyridine rings is 1. The van der Waals surface area contributed by atoms with Crippen LogP contribution in [0.15, 0.2) is 36.5 Å². The van der Waals surface area contributed by atoms with Crippen LogP contribution in [0, 0.1) is 0 Å². The van der Waals surface area contributed by atoms with Gasteiger partial charge >= 0.3 is 5.97 Å². The molecule has 1 saturated heterocycles. The number of aryl methyl sites for hydroxylation is 1. The van der Waals surface area contributed by atoms with E-state index in [2.05, 4.69) is 24.0 Å². The molecule has 27 heavy (non-hydrogen) atoms. The zero-order valence-electron chi connectivity index (χ0n) is 16.1. The maximum absolute atomic E-state index is 11.4. The van der Waals surface area contributed by atoms with E-state index in [-0.39, 0.29) is 5.97 Å². The largest absolute Gasteiger partial charge is 0.459 e. The van der Waals surface area contributed by atoms with Crippen LogP contribution < -0.4 is 0 Å². The van der Waals surface area contributed by atoms with Crippen molar-refractivity contribution in [2.24, 2.45) is 0 Å². The first kappa shape index (κ1) is 19.6. The number of aliphatic hydroxyl groups excluding tert-OH is 1. The highest BCUT2D eigenvalue weighted by Crippen LogP contribution is 2.24. The standard InChI is InChI=1S/C23H29NO3/c1-2-3-4-5-11-20-19-10-7-6-9-18(19)17(16-24-20)14-15-21(25)22-12-8-13-23(26)27-22/h6-7,9-10,14-16,21-22,25H,2-5,8,11-13H2,1H3/b15-14+/t21-,22+/m1/s1. The predicted molar refractivity (Wildman–Crippen MR) is 108 cm³/mol. The Morgan fingerprint density at radius 3 is 2.85 bits per heavy atom. The number of aliphatic hydroxyl groups is 1. The Morgan fingerprint density at radius 2 is 2.07 bits per heavy atom. The van der Waals surface area contributed by atoms with Gasteiger partial charge in [-0.2, -0.15) is 0 Å². The second kappa shape index (κ2) is 9.65. The van der Waals surface area contributed by atoms with Gasteiger partial charge in [0, 0.05) is 29.3 Å². The lowest BCUT2D eigenvalue weighted by Gasteiger charge is -2.24. The van der Waals surface area contributed by atoms with Gasteiger partial charge in [0.1, 0.15) is 12.2 Å². The lowest BCUT2D eigenvalue weighted by Crippen LogP contribution is -2.33. The fourth-order valence-electron chi connectivity index (χ4n) is 3.63. The number of benzene rings is 1. The minimum absolute atomic E-state index is 0.224. The van der Waals surface area contributed by atoms with Gasteiger partial charge in [-0.05, 0) is 31.1 Å². The molecule has 144 valence electrons.